The number of carbonyl (C=O) groups excluding carboxylic acids is 1. The van der Waals surface area contributed by atoms with Gasteiger partial charge in [-0.1, -0.05) is 13.3 Å². The van der Waals surface area contributed by atoms with Gasteiger partial charge in [0, 0.05) is 6.54 Å². The number of carboxylic acids is 1. The number of rotatable bonds is 3. The zero-order valence-electron chi connectivity index (χ0n) is 9.33. The lowest BCUT2D eigenvalue weighted by molar-refractivity contribution is -0.188. The summed E-state index contributed by atoms with van der Waals surface area (Å²) in [6.07, 6.45) is -3.50. The number of amides is 1. The minimum Gasteiger partial charge on any atom is -0.480 e. The normalized spacial score (nSPS) is 25.1. The van der Waals surface area contributed by atoms with Crippen molar-refractivity contribution in [2.24, 2.45) is 5.92 Å². The molecular formula is C10H14F3NO3. The summed E-state index contributed by atoms with van der Waals surface area (Å²) in [6, 6.07) is -1.34. The van der Waals surface area contributed by atoms with Crippen molar-refractivity contribution in [3.05, 3.63) is 0 Å². The van der Waals surface area contributed by atoms with Crippen molar-refractivity contribution in [1.82, 2.24) is 4.90 Å². The Kier molecular flexibility index (Phi) is 4.00. The van der Waals surface area contributed by atoms with Crippen molar-refractivity contribution in [1.29, 1.82) is 0 Å². The van der Waals surface area contributed by atoms with Gasteiger partial charge in [0.1, 0.15) is 6.04 Å². The summed E-state index contributed by atoms with van der Waals surface area (Å²) in [5.41, 5.74) is 0. The third kappa shape index (κ3) is 2.89. The van der Waals surface area contributed by atoms with Crippen LogP contribution in [0.3, 0.4) is 0 Å². The fourth-order valence-corrected chi connectivity index (χ4v) is 2.25. The Bertz CT molecular complexity index is 316. The summed E-state index contributed by atoms with van der Waals surface area (Å²) in [5.74, 6) is -3.80. The Morgan fingerprint density at radius 2 is 2.00 bits per heavy atom. The van der Waals surface area contributed by atoms with E-state index in [9.17, 15) is 22.8 Å². The second kappa shape index (κ2) is 4.93. The molecule has 0 saturated carbocycles. The molecule has 1 saturated heterocycles. The molecule has 1 N–H and O–H groups in total. The molecule has 4 nitrogen and oxygen atoms in total. The molecule has 98 valence electrons. The third-order valence-electron chi connectivity index (χ3n) is 2.94. The van der Waals surface area contributed by atoms with Gasteiger partial charge < -0.3 is 10.0 Å². The Morgan fingerprint density at radius 3 is 2.41 bits per heavy atom. The van der Waals surface area contributed by atoms with E-state index in [4.69, 9.17) is 5.11 Å². The summed E-state index contributed by atoms with van der Waals surface area (Å²) < 4.78 is 36.8. The van der Waals surface area contributed by atoms with Gasteiger partial charge in [0.15, 0.2) is 0 Å². The van der Waals surface area contributed by atoms with Crippen molar-refractivity contribution in [3.63, 3.8) is 0 Å². The first-order valence-corrected chi connectivity index (χ1v) is 5.39. The van der Waals surface area contributed by atoms with E-state index in [0.717, 1.165) is 0 Å². The highest BCUT2D eigenvalue weighted by molar-refractivity contribution is 5.87. The van der Waals surface area contributed by atoms with Crippen LogP contribution in [0, 0.1) is 5.92 Å². The molecule has 17 heavy (non-hydrogen) atoms. The summed E-state index contributed by atoms with van der Waals surface area (Å²) in [4.78, 5) is 22.5. The van der Waals surface area contributed by atoms with Crippen molar-refractivity contribution in [3.8, 4) is 0 Å². The van der Waals surface area contributed by atoms with Gasteiger partial charge in [-0.25, -0.2) is 4.79 Å². The average molecular weight is 253 g/mol. The molecule has 0 aromatic heterocycles. The summed E-state index contributed by atoms with van der Waals surface area (Å²) in [7, 11) is 0. The lowest BCUT2D eigenvalue weighted by atomic mass is 9.95. The predicted octanol–water partition coefficient (Wildman–Crippen LogP) is 1.65. The number of likely N-dealkylation sites (tertiary alicyclic amines) is 1. The minimum atomic E-state index is -5.01. The zero-order valence-corrected chi connectivity index (χ0v) is 9.33. The number of aliphatic carboxylic acids is 1. The molecule has 1 amide bonds. The van der Waals surface area contributed by atoms with Crippen molar-refractivity contribution < 1.29 is 27.9 Å². The largest absolute Gasteiger partial charge is 0.480 e. The molecule has 7 heteroatoms. The van der Waals surface area contributed by atoms with Gasteiger partial charge in [-0.15, -0.1) is 0 Å². The van der Waals surface area contributed by atoms with Crippen LogP contribution < -0.4 is 0 Å². The molecule has 1 fully saturated rings. The molecule has 0 radical (unpaired) electrons. The SMILES string of the molecule is CCCC1CCN(C(=O)C(F)(F)F)C1C(=O)O. The average Bonchev–Trinajstić information content (AvgIpc) is 2.59. The molecule has 0 bridgehead atoms. The molecule has 0 aromatic carbocycles. The van der Waals surface area contributed by atoms with Crippen LogP contribution in [-0.2, 0) is 9.59 Å². The first-order valence-electron chi connectivity index (χ1n) is 5.39. The molecule has 1 heterocycles. The molecule has 0 spiro atoms. The van der Waals surface area contributed by atoms with E-state index in [-0.39, 0.29) is 12.5 Å². The van der Waals surface area contributed by atoms with Gasteiger partial charge in [-0.2, -0.15) is 13.2 Å². The number of carbonyl (C=O) groups is 2. The van der Waals surface area contributed by atoms with E-state index < -0.39 is 24.1 Å². The van der Waals surface area contributed by atoms with Gasteiger partial charge in [-0.05, 0) is 18.8 Å². The third-order valence-corrected chi connectivity index (χ3v) is 2.94. The topological polar surface area (TPSA) is 57.6 Å². The number of nitrogens with zero attached hydrogens (tertiary/aromatic N) is 1. The summed E-state index contributed by atoms with van der Waals surface area (Å²) in [6.45, 7) is 1.69. The second-order valence-electron chi connectivity index (χ2n) is 4.12. The van der Waals surface area contributed by atoms with Gasteiger partial charge in [0.2, 0.25) is 0 Å². The van der Waals surface area contributed by atoms with Crippen LogP contribution in [0.4, 0.5) is 13.2 Å². The van der Waals surface area contributed by atoms with Crippen LogP contribution in [0.15, 0.2) is 0 Å². The van der Waals surface area contributed by atoms with Crippen molar-refractivity contribution in [2.75, 3.05) is 6.54 Å². The van der Waals surface area contributed by atoms with Crippen LogP contribution in [0.1, 0.15) is 26.2 Å². The van der Waals surface area contributed by atoms with Gasteiger partial charge >= 0.3 is 18.1 Å². The molecule has 0 aromatic rings. The van der Waals surface area contributed by atoms with Crippen LogP contribution in [-0.4, -0.2) is 40.6 Å². The lowest BCUT2D eigenvalue weighted by Crippen LogP contribution is -2.48. The van der Waals surface area contributed by atoms with E-state index >= 15 is 0 Å². The maximum atomic E-state index is 12.3. The quantitative estimate of drug-likeness (QED) is 0.832. The highest BCUT2D eigenvalue weighted by atomic mass is 19.4. The fraction of sp³-hybridized carbons (Fsp3) is 0.800. The van der Waals surface area contributed by atoms with Crippen molar-refractivity contribution in [2.45, 2.75) is 38.4 Å². The van der Waals surface area contributed by atoms with E-state index in [1.165, 1.54) is 0 Å². The van der Waals surface area contributed by atoms with Gasteiger partial charge in [0.25, 0.3) is 0 Å². The maximum absolute atomic E-state index is 12.3. The Balaban J connectivity index is 2.87. The molecular weight excluding hydrogens is 239 g/mol. The monoisotopic (exact) mass is 253 g/mol. The smallest absolute Gasteiger partial charge is 0.471 e. The highest BCUT2D eigenvalue weighted by Gasteiger charge is 2.50. The number of hydrogen-bond donors (Lipinski definition) is 1. The molecule has 1 aliphatic rings. The van der Waals surface area contributed by atoms with Crippen LogP contribution >= 0.6 is 0 Å². The highest BCUT2D eigenvalue weighted by Crippen LogP contribution is 2.32. The van der Waals surface area contributed by atoms with E-state index in [0.29, 0.717) is 24.2 Å². The number of halogens is 3. The predicted molar refractivity (Wildman–Crippen MR) is 52.2 cm³/mol. The maximum Gasteiger partial charge on any atom is 0.471 e. The lowest BCUT2D eigenvalue weighted by Gasteiger charge is -2.25. The Hall–Kier alpha value is -1.27. The van der Waals surface area contributed by atoms with Crippen LogP contribution in [0.2, 0.25) is 0 Å². The summed E-state index contributed by atoms with van der Waals surface area (Å²) in [5, 5.41) is 8.93. The Morgan fingerprint density at radius 1 is 1.41 bits per heavy atom. The van der Waals surface area contributed by atoms with E-state index in [1.54, 1.807) is 0 Å². The Labute approximate surface area is 96.4 Å². The molecule has 2 atom stereocenters. The van der Waals surface area contributed by atoms with E-state index in [1.807, 2.05) is 6.92 Å². The van der Waals surface area contributed by atoms with Gasteiger partial charge in [-0.3, -0.25) is 4.79 Å². The standard InChI is InChI=1S/C10H14F3NO3/c1-2-3-6-4-5-14(7(6)8(15)16)9(17)10(11,12)13/h6-7H,2-5H2,1H3,(H,15,16). The van der Waals surface area contributed by atoms with E-state index in [2.05, 4.69) is 0 Å². The first-order chi connectivity index (χ1) is 7.79. The van der Waals surface area contributed by atoms with Gasteiger partial charge in [0.05, 0.1) is 0 Å². The summed E-state index contributed by atoms with van der Waals surface area (Å²) >= 11 is 0. The fourth-order valence-electron chi connectivity index (χ4n) is 2.25. The van der Waals surface area contributed by atoms with Crippen molar-refractivity contribution >= 4 is 11.9 Å². The number of carboxylic acid groups (broad SMARTS) is 1. The van der Waals surface area contributed by atoms with Crippen LogP contribution in [0.5, 0.6) is 0 Å². The zero-order chi connectivity index (χ0) is 13.2. The number of alkyl halides is 3. The molecule has 0 aliphatic carbocycles. The van der Waals surface area contributed by atoms with Crippen LogP contribution in [0.25, 0.3) is 0 Å². The second-order valence-corrected chi connectivity index (χ2v) is 4.12. The molecule has 1 rings (SSSR count). The number of hydrogen-bond acceptors (Lipinski definition) is 2. The minimum absolute atomic E-state index is 0.139. The first kappa shape index (κ1) is 13.8. The molecule has 2 unspecified atom stereocenters. The molecule has 1 aliphatic heterocycles.